The molecule has 2 N–H and O–H groups in total. The van der Waals surface area contributed by atoms with Crippen molar-refractivity contribution in [1.29, 1.82) is 0 Å². The van der Waals surface area contributed by atoms with E-state index < -0.39 is 11.7 Å². The van der Waals surface area contributed by atoms with E-state index in [1.54, 1.807) is 41.2 Å². The summed E-state index contributed by atoms with van der Waals surface area (Å²) in [5.74, 6) is -0.248. The number of nitrogens with zero attached hydrogens (tertiary/aromatic N) is 5. The lowest BCUT2D eigenvalue weighted by Gasteiger charge is -2.29. The molecular weight excluding hydrogens is 612 g/mol. The van der Waals surface area contributed by atoms with E-state index in [2.05, 4.69) is 32.2 Å². The Morgan fingerprint density at radius 1 is 1.07 bits per heavy atom. The van der Waals surface area contributed by atoms with Gasteiger partial charge in [-0.2, -0.15) is 4.98 Å². The molecule has 5 aromatic rings. The van der Waals surface area contributed by atoms with Crippen molar-refractivity contribution in [2.45, 2.75) is 0 Å². The van der Waals surface area contributed by atoms with Gasteiger partial charge in [0.1, 0.15) is 22.8 Å². The second-order valence-corrected chi connectivity index (χ2v) is 10.5. The molecule has 1 saturated heterocycles. The summed E-state index contributed by atoms with van der Waals surface area (Å²) >= 11 is 13.4. The van der Waals surface area contributed by atoms with Crippen LogP contribution in [0.2, 0.25) is 10.0 Å². The number of benzene rings is 2. The molecule has 2 aromatic carbocycles. The summed E-state index contributed by atoms with van der Waals surface area (Å²) in [4.78, 5) is 27.9. The molecule has 0 spiro atoms. The summed E-state index contributed by atoms with van der Waals surface area (Å²) in [7, 11) is 3.00. The molecule has 44 heavy (non-hydrogen) atoms. The van der Waals surface area contributed by atoms with E-state index in [9.17, 15) is 4.79 Å². The number of morpholine rings is 1. The maximum absolute atomic E-state index is 15.6. The number of aromatic nitrogens is 4. The molecule has 1 aliphatic rings. The lowest BCUT2D eigenvalue weighted by atomic mass is 10.0. The average molecular weight is 638 g/mol. The van der Waals surface area contributed by atoms with Gasteiger partial charge in [0, 0.05) is 59.9 Å². The van der Waals surface area contributed by atoms with Gasteiger partial charge in [0.05, 0.1) is 43.2 Å². The summed E-state index contributed by atoms with van der Waals surface area (Å²) in [6.07, 6.45) is 6.03. The zero-order valence-corrected chi connectivity index (χ0v) is 25.2. The zero-order valence-electron chi connectivity index (χ0n) is 23.7. The third-order valence-corrected chi connectivity index (χ3v) is 7.93. The number of imidazole rings is 1. The van der Waals surface area contributed by atoms with Gasteiger partial charge in [-0.25, -0.2) is 14.4 Å². The first-order chi connectivity index (χ1) is 21.3. The fraction of sp³-hybridized carbons (Fsp3) is 0.200. The normalized spacial score (nSPS) is 13.2. The van der Waals surface area contributed by atoms with Crippen LogP contribution >= 0.6 is 23.2 Å². The maximum Gasteiger partial charge on any atom is 0.247 e. The van der Waals surface area contributed by atoms with Crippen molar-refractivity contribution < 1.29 is 23.4 Å². The topological polar surface area (TPSA) is 115 Å². The van der Waals surface area contributed by atoms with E-state index in [1.165, 1.54) is 20.3 Å². The number of anilines is 4. The number of hydrogen-bond acceptors (Lipinski definition) is 9. The molecule has 4 heterocycles. The molecular formula is C30H26Cl2FN7O4. The first kappa shape index (κ1) is 29.4. The van der Waals surface area contributed by atoms with E-state index in [0.717, 1.165) is 6.08 Å². The lowest BCUT2D eigenvalue weighted by Crippen LogP contribution is -2.36. The van der Waals surface area contributed by atoms with Gasteiger partial charge in [0.25, 0.3) is 0 Å². The number of nitrogens with one attached hydrogen (secondary N) is 2. The van der Waals surface area contributed by atoms with Gasteiger partial charge in [-0.05, 0) is 24.3 Å². The van der Waals surface area contributed by atoms with Crippen molar-refractivity contribution in [3.05, 3.63) is 71.4 Å². The highest BCUT2D eigenvalue weighted by Crippen LogP contribution is 2.47. The Hall–Kier alpha value is -4.65. The number of fused-ring (bicyclic) bond motifs is 3. The van der Waals surface area contributed by atoms with Gasteiger partial charge in [0.2, 0.25) is 11.9 Å². The third-order valence-electron chi connectivity index (χ3n) is 7.18. The highest BCUT2D eigenvalue weighted by Gasteiger charge is 2.23. The molecule has 0 aliphatic carbocycles. The molecule has 0 radical (unpaired) electrons. The second-order valence-electron chi connectivity index (χ2n) is 9.70. The molecule has 3 aromatic heterocycles. The minimum absolute atomic E-state index is 0.00269. The fourth-order valence-corrected chi connectivity index (χ4v) is 5.76. The molecule has 11 nitrogen and oxygen atoms in total. The van der Waals surface area contributed by atoms with Crippen LogP contribution in [-0.2, 0) is 9.53 Å². The highest BCUT2D eigenvalue weighted by atomic mass is 35.5. The molecule has 226 valence electrons. The van der Waals surface area contributed by atoms with Crippen molar-refractivity contribution in [1.82, 2.24) is 19.4 Å². The van der Waals surface area contributed by atoms with Crippen LogP contribution in [0, 0.1) is 5.82 Å². The number of pyridine rings is 1. The van der Waals surface area contributed by atoms with Crippen molar-refractivity contribution in [3.63, 3.8) is 0 Å². The molecule has 1 amide bonds. The van der Waals surface area contributed by atoms with Crippen LogP contribution in [0.3, 0.4) is 0 Å². The van der Waals surface area contributed by atoms with Crippen LogP contribution in [0.4, 0.5) is 27.4 Å². The van der Waals surface area contributed by atoms with Crippen LogP contribution < -0.4 is 25.0 Å². The molecule has 14 heteroatoms. The van der Waals surface area contributed by atoms with Crippen LogP contribution in [-0.4, -0.2) is 65.8 Å². The van der Waals surface area contributed by atoms with Gasteiger partial charge >= 0.3 is 0 Å². The average Bonchev–Trinajstić information content (AvgIpc) is 3.54. The van der Waals surface area contributed by atoms with E-state index in [0.29, 0.717) is 71.3 Å². The van der Waals surface area contributed by atoms with Gasteiger partial charge in [-0.15, -0.1) is 0 Å². The largest absolute Gasteiger partial charge is 0.495 e. The number of hydrogen-bond donors (Lipinski definition) is 2. The third kappa shape index (κ3) is 5.32. The Labute approximate surface area is 261 Å². The predicted molar refractivity (Wildman–Crippen MR) is 168 cm³/mol. The number of carbonyl (C=O) groups excluding carboxylic acids is 1. The minimum Gasteiger partial charge on any atom is -0.495 e. The van der Waals surface area contributed by atoms with Crippen LogP contribution in [0.1, 0.15) is 0 Å². The number of amides is 1. The Morgan fingerprint density at radius 3 is 2.48 bits per heavy atom. The van der Waals surface area contributed by atoms with E-state index in [1.807, 2.05) is 4.90 Å². The Morgan fingerprint density at radius 2 is 1.80 bits per heavy atom. The van der Waals surface area contributed by atoms with Crippen molar-refractivity contribution in [2.24, 2.45) is 0 Å². The van der Waals surface area contributed by atoms with Gasteiger partial charge in [-0.1, -0.05) is 29.8 Å². The van der Waals surface area contributed by atoms with Crippen LogP contribution in [0.25, 0.3) is 27.8 Å². The number of methoxy groups -OCH3 is 2. The minimum atomic E-state index is -0.601. The quantitative estimate of drug-likeness (QED) is 0.194. The van der Waals surface area contributed by atoms with Crippen LogP contribution in [0.5, 0.6) is 11.5 Å². The van der Waals surface area contributed by atoms with E-state index >= 15 is 4.39 Å². The van der Waals surface area contributed by atoms with E-state index in [4.69, 9.17) is 37.4 Å². The summed E-state index contributed by atoms with van der Waals surface area (Å²) in [5.41, 5.74) is 2.85. The van der Waals surface area contributed by atoms with Crippen molar-refractivity contribution >= 4 is 68.8 Å². The zero-order chi connectivity index (χ0) is 31.0. The summed E-state index contributed by atoms with van der Waals surface area (Å²) in [6.45, 7) is 5.74. The summed E-state index contributed by atoms with van der Waals surface area (Å²) in [5, 5.41) is 6.82. The molecule has 6 rings (SSSR count). The van der Waals surface area contributed by atoms with Crippen molar-refractivity contribution in [3.8, 4) is 22.6 Å². The molecule has 0 bridgehead atoms. The smallest absolute Gasteiger partial charge is 0.247 e. The maximum atomic E-state index is 15.6. The lowest BCUT2D eigenvalue weighted by molar-refractivity contribution is -0.111. The molecule has 0 unspecified atom stereocenters. The summed E-state index contributed by atoms with van der Waals surface area (Å²) < 4.78 is 33.7. The standard InChI is InChI=1S/C30H26Cl2FN7O4/c1-4-23(41)36-20-13-17(39-7-9-44-10-8-39)12-19(33)27(20)37-30-35-15-16-11-18(29-34-5-6-40(29)28(16)38-30)24-25(31)21(42-2)14-22(43-3)26(24)32/h4-6,11-15H,1,7-10H2,2-3H3,(H,36,41)(H,35,37,38). The first-order valence-corrected chi connectivity index (χ1v) is 14.2. The number of ether oxygens (including phenoxy) is 3. The Balaban J connectivity index is 1.45. The molecule has 1 aliphatic heterocycles. The number of rotatable bonds is 8. The molecule has 0 saturated carbocycles. The van der Waals surface area contributed by atoms with Crippen LogP contribution in [0.15, 0.2) is 55.5 Å². The van der Waals surface area contributed by atoms with Crippen molar-refractivity contribution in [2.75, 3.05) is 56.1 Å². The Kier molecular flexibility index (Phi) is 8.13. The van der Waals surface area contributed by atoms with Gasteiger partial charge in [0.15, 0.2) is 11.5 Å². The first-order valence-electron chi connectivity index (χ1n) is 13.4. The fourth-order valence-electron chi connectivity index (χ4n) is 5.05. The SMILES string of the molecule is C=CC(=O)Nc1cc(N2CCOCC2)cc(F)c1Nc1ncc2cc(-c3c(Cl)c(OC)cc(OC)c3Cl)c3nccn3c2n1. The highest BCUT2D eigenvalue weighted by molar-refractivity contribution is 6.41. The predicted octanol–water partition coefficient (Wildman–Crippen LogP) is 6.11. The summed E-state index contributed by atoms with van der Waals surface area (Å²) in [6, 6.07) is 6.50. The van der Waals surface area contributed by atoms with E-state index in [-0.39, 0.29) is 27.4 Å². The Bertz CT molecular complexity index is 1900. The molecule has 0 atom stereocenters. The molecule has 1 fully saturated rings. The monoisotopic (exact) mass is 637 g/mol. The van der Waals surface area contributed by atoms with Gasteiger partial charge < -0.3 is 29.7 Å². The number of carbonyl (C=O) groups is 1. The van der Waals surface area contributed by atoms with Gasteiger partial charge in [-0.3, -0.25) is 9.20 Å². The second kappa shape index (κ2) is 12.2. The number of halogens is 3.